The Hall–Kier alpha value is -3.22. The summed E-state index contributed by atoms with van der Waals surface area (Å²) in [4.78, 5) is 13.2. The number of rotatable bonds is 4. The van der Waals surface area contributed by atoms with E-state index in [0.29, 0.717) is 0 Å². The second kappa shape index (κ2) is 5.77. The lowest BCUT2D eigenvalue weighted by molar-refractivity contribution is 0.746. The molecule has 120 valence electrons. The highest BCUT2D eigenvalue weighted by atomic mass is 15.3. The van der Waals surface area contributed by atoms with Gasteiger partial charge in [-0.1, -0.05) is 30.3 Å². The van der Waals surface area contributed by atoms with Gasteiger partial charge in [0.25, 0.3) is 0 Å². The third-order valence-corrected chi connectivity index (χ3v) is 4.06. The molecule has 0 fully saturated rings. The van der Waals surface area contributed by atoms with Crippen LogP contribution in [0.1, 0.15) is 17.4 Å². The predicted molar refractivity (Wildman–Crippen MR) is 91.4 cm³/mol. The lowest BCUT2D eigenvalue weighted by Gasteiger charge is -2.20. The van der Waals surface area contributed by atoms with E-state index in [1.807, 2.05) is 43.1 Å². The Morgan fingerprint density at radius 3 is 2.62 bits per heavy atom. The van der Waals surface area contributed by atoms with Crippen LogP contribution in [0.2, 0.25) is 0 Å². The van der Waals surface area contributed by atoms with Gasteiger partial charge in [0.1, 0.15) is 24.0 Å². The number of hydrogen-bond donors (Lipinski definition) is 1. The number of imidazole rings is 1. The molecule has 7 heteroatoms. The van der Waals surface area contributed by atoms with Gasteiger partial charge in [0.2, 0.25) is 0 Å². The molecule has 3 heterocycles. The van der Waals surface area contributed by atoms with E-state index in [1.54, 1.807) is 23.4 Å². The molecule has 3 aromatic heterocycles. The molecule has 7 nitrogen and oxygen atoms in total. The van der Waals surface area contributed by atoms with Gasteiger partial charge in [0.15, 0.2) is 5.65 Å². The number of anilines is 1. The summed E-state index contributed by atoms with van der Waals surface area (Å²) in [7, 11) is 3.85. The third-order valence-electron chi connectivity index (χ3n) is 4.06. The van der Waals surface area contributed by atoms with Gasteiger partial charge >= 0.3 is 0 Å². The smallest absolute Gasteiger partial charge is 0.163 e. The summed E-state index contributed by atoms with van der Waals surface area (Å²) in [6, 6.07) is 10.1. The topological polar surface area (TPSA) is 73.5 Å². The molecule has 0 aliphatic carbocycles. The van der Waals surface area contributed by atoms with Gasteiger partial charge in [0.05, 0.1) is 11.6 Å². The number of aromatic nitrogens is 6. The maximum absolute atomic E-state index is 4.51. The van der Waals surface area contributed by atoms with Gasteiger partial charge < -0.3 is 9.88 Å². The van der Waals surface area contributed by atoms with E-state index in [9.17, 15) is 0 Å². The Labute approximate surface area is 139 Å². The van der Waals surface area contributed by atoms with E-state index in [0.717, 1.165) is 28.2 Å². The van der Waals surface area contributed by atoms with E-state index in [4.69, 9.17) is 0 Å². The molecule has 0 saturated carbocycles. The van der Waals surface area contributed by atoms with Crippen LogP contribution in [0.5, 0.6) is 0 Å². The van der Waals surface area contributed by atoms with Gasteiger partial charge in [-0.25, -0.2) is 15.0 Å². The highest BCUT2D eigenvalue weighted by Gasteiger charge is 2.20. The average Bonchev–Trinajstić information content (AvgIpc) is 3.20. The van der Waals surface area contributed by atoms with Crippen molar-refractivity contribution in [2.75, 3.05) is 5.32 Å². The summed E-state index contributed by atoms with van der Waals surface area (Å²) in [5.74, 6) is 1.65. The molecule has 0 amide bonds. The maximum Gasteiger partial charge on any atom is 0.163 e. The van der Waals surface area contributed by atoms with Crippen LogP contribution in [-0.4, -0.2) is 29.3 Å². The summed E-state index contributed by atoms with van der Waals surface area (Å²) >= 11 is 0. The zero-order valence-electron chi connectivity index (χ0n) is 13.5. The van der Waals surface area contributed by atoms with Crippen molar-refractivity contribution in [2.45, 2.75) is 6.04 Å². The van der Waals surface area contributed by atoms with E-state index < -0.39 is 0 Å². The monoisotopic (exact) mass is 319 g/mol. The zero-order valence-corrected chi connectivity index (χ0v) is 13.5. The lowest BCUT2D eigenvalue weighted by atomic mass is 10.1. The second-order valence-electron chi connectivity index (χ2n) is 5.61. The zero-order chi connectivity index (χ0) is 16.5. The Morgan fingerprint density at radius 1 is 1.04 bits per heavy atom. The van der Waals surface area contributed by atoms with Gasteiger partial charge in [-0.05, 0) is 5.56 Å². The number of fused-ring (bicyclic) bond motifs is 1. The number of nitrogens with one attached hydrogen (secondary N) is 1. The Morgan fingerprint density at radius 2 is 1.88 bits per heavy atom. The SMILES string of the molecule is Cn1ccnc1C(Nc1ncnc2c1cnn2C)c1ccccc1. The summed E-state index contributed by atoms with van der Waals surface area (Å²) < 4.78 is 3.74. The minimum atomic E-state index is -0.121. The minimum Gasteiger partial charge on any atom is -0.356 e. The van der Waals surface area contributed by atoms with E-state index in [1.165, 1.54) is 0 Å². The van der Waals surface area contributed by atoms with Crippen LogP contribution in [0.4, 0.5) is 5.82 Å². The van der Waals surface area contributed by atoms with Crippen molar-refractivity contribution >= 4 is 16.9 Å². The van der Waals surface area contributed by atoms with Gasteiger partial charge in [-0.15, -0.1) is 0 Å². The average molecular weight is 319 g/mol. The van der Waals surface area contributed by atoms with E-state index >= 15 is 0 Å². The molecule has 1 aromatic carbocycles. The molecule has 0 radical (unpaired) electrons. The Balaban J connectivity index is 1.81. The molecule has 1 unspecified atom stereocenters. The summed E-state index contributed by atoms with van der Waals surface area (Å²) in [5.41, 5.74) is 1.90. The number of hydrogen-bond acceptors (Lipinski definition) is 5. The summed E-state index contributed by atoms with van der Waals surface area (Å²) in [6.45, 7) is 0. The Bertz CT molecular complexity index is 971. The van der Waals surface area contributed by atoms with E-state index in [2.05, 4.69) is 37.5 Å². The van der Waals surface area contributed by atoms with Crippen molar-refractivity contribution in [3.05, 3.63) is 66.6 Å². The fraction of sp³-hybridized carbons (Fsp3) is 0.176. The molecule has 0 saturated heterocycles. The number of benzene rings is 1. The van der Waals surface area contributed by atoms with Gasteiger partial charge in [-0.3, -0.25) is 4.68 Å². The fourth-order valence-corrected chi connectivity index (χ4v) is 2.81. The van der Waals surface area contributed by atoms with Crippen LogP contribution in [0, 0.1) is 0 Å². The fourth-order valence-electron chi connectivity index (χ4n) is 2.81. The third kappa shape index (κ3) is 2.40. The molecule has 0 bridgehead atoms. The van der Waals surface area contributed by atoms with Crippen molar-refractivity contribution in [1.29, 1.82) is 0 Å². The van der Waals surface area contributed by atoms with Crippen molar-refractivity contribution in [1.82, 2.24) is 29.3 Å². The van der Waals surface area contributed by atoms with Crippen LogP contribution < -0.4 is 5.32 Å². The quantitative estimate of drug-likeness (QED) is 0.625. The minimum absolute atomic E-state index is 0.121. The summed E-state index contributed by atoms with van der Waals surface area (Å²) in [6.07, 6.45) is 7.06. The molecular formula is C17H17N7. The largest absolute Gasteiger partial charge is 0.356 e. The molecular weight excluding hydrogens is 302 g/mol. The molecule has 24 heavy (non-hydrogen) atoms. The number of nitrogens with zero attached hydrogens (tertiary/aromatic N) is 6. The van der Waals surface area contributed by atoms with Crippen LogP contribution >= 0.6 is 0 Å². The highest BCUT2D eigenvalue weighted by Crippen LogP contribution is 2.27. The first-order chi connectivity index (χ1) is 11.7. The van der Waals surface area contributed by atoms with Crippen molar-refractivity contribution in [3.63, 3.8) is 0 Å². The first-order valence-electron chi connectivity index (χ1n) is 7.65. The first kappa shape index (κ1) is 14.4. The van der Waals surface area contributed by atoms with Crippen LogP contribution in [0.15, 0.2) is 55.2 Å². The molecule has 0 aliphatic rings. The molecule has 0 aliphatic heterocycles. The van der Waals surface area contributed by atoms with E-state index in [-0.39, 0.29) is 6.04 Å². The maximum atomic E-state index is 4.51. The first-order valence-corrected chi connectivity index (χ1v) is 7.65. The molecule has 4 aromatic rings. The standard InChI is InChI=1S/C17H17N7/c1-23-9-8-18-17(23)14(12-6-4-3-5-7-12)22-15-13-10-21-24(2)16(13)20-11-19-15/h3-11,14H,1-2H3,(H,19,20,22). The molecule has 4 rings (SSSR count). The van der Waals surface area contributed by atoms with Gasteiger partial charge in [0, 0.05) is 26.5 Å². The van der Waals surface area contributed by atoms with Crippen molar-refractivity contribution in [2.24, 2.45) is 14.1 Å². The predicted octanol–water partition coefficient (Wildman–Crippen LogP) is 2.30. The van der Waals surface area contributed by atoms with Crippen LogP contribution in [-0.2, 0) is 14.1 Å². The van der Waals surface area contributed by atoms with Crippen molar-refractivity contribution < 1.29 is 0 Å². The summed E-state index contributed by atoms with van der Waals surface area (Å²) in [5, 5.41) is 8.66. The van der Waals surface area contributed by atoms with Gasteiger partial charge in [-0.2, -0.15) is 5.10 Å². The second-order valence-corrected chi connectivity index (χ2v) is 5.61. The Kier molecular flexibility index (Phi) is 3.45. The van der Waals surface area contributed by atoms with Crippen LogP contribution in [0.25, 0.3) is 11.0 Å². The highest BCUT2D eigenvalue weighted by molar-refractivity contribution is 5.86. The number of aryl methyl sites for hydroxylation is 2. The lowest BCUT2D eigenvalue weighted by Crippen LogP contribution is -2.17. The molecule has 1 atom stereocenters. The van der Waals surface area contributed by atoms with Crippen LogP contribution in [0.3, 0.4) is 0 Å². The normalized spacial score (nSPS) is 12.4. The molecule has 1 N–H and O–H groups in total. The van der Waals surface area contributed by atoms with Crippen molar-refractivity contribution in [3.8, 4) is 0 Å². The molecule has 0 spiro atoms.